The number of anilines is 2. The maximum Gasteiger partial charge on any atom is 0.242 e. The Balaban J connectivity index is 1.80. The highest BCUT2D eigenvalue weighted by molar-refractivity contribution is 8.00. The normalized spacial score (nSPS) is 11.4. The quantitative estimate of drug-likeness (QED) is 0.365. The molecule has 6 nitrogen and oxygen atoms in total. The van der Waals surface area contributed by atoms with Gasteiger partial charge in [-0.25, -0.2) is 0 Å². The van der Waals surface area contributed by atoms with Crippen molar-refractivity contribution in [1.29, 1.82) is 0 Å². The first-order valence-electron chi connectivity index (χ1n) is 10.7. The van der Waals surface area contributed by atoms with Crippen LogP contribution in [0.5, 0.6) is 11.5 Å². The molecule has 0 bridgehead atoms. The van der Waals surface area contributed by atoms with Gasteiger partial charge in [0, 0.05) is 23.1 Å². The smallest absolute Gasteiger partial charge is 0.242 e. The fourth-order valence-corrected chi connectivity index (χ4v) is 4.23. The summed E-state index contributed by atoms with van der Waals surface area (Å²) in [6, 6.07) is 22.4. The molecule has 7 heteroatoms. The van der Waals surface area contributed by atoms with Crippen LogP contribution in [0, 0.1) is 0 Å². The molecule has 0 saturated carbocycles. The zero-order valence-corrected chi connectivity index (χ0v) is 19.8. The molecule has 0 aliphatic heterocycles. The Bertz CT molecular complexity index is 1070. The molecule has 3 aromatic rings. The van der Waals surface area contributed by atoms with Crippen LogP contribution >= 0.6 is 11.8 Å². The van der Waals surface area contributed by atoms with Gasteiger partial charge in [0.1, 0.15) is 16.7 Å². The molecule has 3 aromatic carbocycles. The fraction of sp³-hybridized carbons (Fsp3) is 0.231. The van der Waals surface area contributed by atoms with Crippen LogP contribution in [-0.2, 0) is 9.59 Å². The second-order valence-corrected chi connectivity index (χ2v) is 8.47. The van der Waals surface area contributed by atoms with Crippen LogP contribution in [0.3, 0.4) is 0 Å². The third-order valence-corrected chi connectivity index (χ3v) is 6.14. The minimum atomic E-state index is -0.487. The van der Waals surface area contributed by atoms with Gasteiger partial charge in [0.15, 0.2) is 0 Å². The molecule has 0 fully saturated rings. The van der Waals surface area contributed by atoms with Gasteiger partial charge in [0.25, 0.3) is 0 Å². The molecule has 0 spiro atoms. The summed E-state index contributed by atoms with van der Waals surface area (Å²) in [6.07, 6.45) is 1.29. The van der Waals surface area contributed by atoms with Gasteiger partial charge in [-0.1, -0.05) is 37.3 Å². The largest absolute Gasteiger partial charge is 0.497 e. The maximum absolute atomic E-state index is 13.3. The zero-order chi connectivity index (χ0) is 23.6. The van der Waals surface area contributed by atoms with E-state index in [1.807, 2.05) is 61.5 Å². The summed E-state index contributed by atoms with van der Waals surface area (Å²) in [5.41, 5.74) is 2.19. The van der Waals surface area contributed by atoms with Gasteiger partial charge in [0.05, 0.1) is 19.9 Å². The van der Waals surface area contributed by atoms with E-state index in [9.17, 15) is 9.59 Å². The Morgan fingerprint density at radius 3 is 2.27 bits per heavy atom. The first kappa shape index (κ1) is 24.2. The Hall–Kier alpha value is -3.45. The highest BCUT2D eigenvalue weighted by Crippen LogP contribution is 2.38. The van der Waals surface area contributed by atoms with E-state index in [-0.39, 0.29) is 11.8 Å². The van der Waals surface area contributed by atoms with E-state index in [1.165, 1.54) is 11.8 Å². The number of carbonyl (C=O) groups excluding carboxylic acids is 2. The standard InChI is InChI=1S/C26H28N2O4S/c1-4-8-24(29)27-19-11-14-21(15-12-19)33-25(18-9-6-5-7-10-18)26(30)28-22-16-13-20(31-2)17-23(22)32-3/h5-7,9-17,25H,4,8H2,1-3H3,(H,27,29)(H,28,30). The number of hydrogen-bond acceptors (Lipinski definition) is 5. The van der Waals surface area contributed by atoms with Gasteiger partial charge >= 0.3 is 0 Å². The third-order valence-electron chi connectivity index (χ3n) is 4.88. The van der Waals surface area contributed by atoms with E-state index in [2.05, 4.69) is 10.6 Å². The van der Waals surface area contributed by atoms with Crippen LogP contribution in [0.2, 0.25) is 0 Å². The van der Waals surface area contributed by atoms with Gasteiger partial charge < -0.3 is 20.1 Å². The van der Waals surface area contributed by atoms with Crippen LogP contribution in [0.25, 0.3) is 0 Å². The maximum atomic E-state index is 13.3. The minimum absolute atomic E-state index is 0.00659. The molecule has 0 saturated heterocycles. The van der Waals surface area contributed by atoms with E-state index in [0.29, 0.717) is 23.6 Å². The number of ether oxygens (including phenoxy) is 2. The summed E-state index contributed by atoms with van der Waals surface area (Å²) in [5, 5.41) is 5.38. The van der Waals surface area contributed by atoms with E-state index in [0.717, 1.165) is 22.6 Å². The van der Waals surface area contributed by atoms with Gasteiger partial charge in [0.2, 0.25) is 11.8 Å². The molecule has 1 unspecified atom stereocenters. The van der Waals surface area contributed by atoms with Crippen LogP contribution in [0.1, 0.15) is 30.6 Å². The second kappa shape index (κ2) is 12.0. The topological polar surface area (TPSA) is 76.7 Å². The molecule has 172 valence electrons. The van der Waals surface area contributed by atoms with Crippen molar-refractivity contribution < 1.29 is 19.1 Å². The molecule has 2 N–H and O–H groups in total. The van der Waals surface area contributed by atoms with Gasteiger partial charge in [-0.05, 0) is 48.4 Å². The second-order valence-electron chi connectivity index (χ2n) is 7.29. The Morgan fingerprint density at radius 2 is 1.64 bits per heavy atom. The third kappa shape index (κ3) is 6.76. The molecular weight excluding hydrogens is 436 g/mol. The molecule has 3 rings (SSSR count). The number of rotatable bonds is 10. The van der Waals surface area contributed by atoms with Crippen LogP contribution in [0.15, 0.2) is 77.7 Å². The summed E-state index contributed by atoms with van der Waals surface area (Å²) in [4.78, 5) is 26.1. The van der Waals surface area contributed by atoms with Crippen molar-refractivity contribution in [2.75, 3.05) is 24.9 Å². The molecule has 1 atom stereocenters. The lowest BCUT2D eigenvalue weighted by Gasteiger charge is -2.19. The van der Waals surface area contributed by atoms with Gasteiger partial charge in [-0.3, -0.25) is 9.59 Å². The first-order chi connectivity index (χ1) is 16.0. The summed E-state index contributed by atoms with van der Waals surface area (Å²) >= 11 is 1.44. The lowest BCUT2D eigenvalue weighted by Crippen LogP contribution is -2.19. The Kier molecular flexibility index (Phi) is 8.78. The molecule has 0 radical (unpaired) electrons. The number of thioether (sulfide) groups is 1. The SMILES string of the molecule is CCCC(=O)Nc1ccc(SC(C(=O)Nc2ccc(OC)cc2OC)c2ccccc2)cc1. The first-order valence-corrected chi connectivity index (χ1v) is 11.6. The van der Waals surface area contributed by atoms with E-state index in [4.69, 9.17) is 9.47 Å². The molecule has 0 aromatic heterocycles. The molecule has 0 aliphatic rings. The van der Waals surface area contributed by atoms with Crippen LogP contribution in [0.4, 0.5) is 11.4 Å². The number of amides is 2. The Morgan fingerprint density at radius 1 is 0.909 bits per heavy atom. The molecule has 33 heavy (non-hydrogen) atoms. The van der Waals surface area contributed by atoms with Crippen molar-refractivity contribution in [2.45, 2.75) is 29.9 Å². The van der Waals surface area contributed by atoms with Crippen LogP contribution in [-0.4, -0.2) is 26.0 Å². The predicted molar refractivity (Wildman–Crippen MR) is 133 cm³/mol. The lowest BCUT2D eigenvalue weighted by atomic mass is 10.1. The number of benzene rings is 3. The number of nitrogens with one attached hydrogen (secondary N) is 2. The van der Waals surface area contributed by atoms with Crippen molar-refractivity contribution in [3.05, 3.63) is 78.4 Å². The van der Waals surface area contributed by atoms with Gasteiger partial charge in [-0.2, -0.15) is 0 Å². The predicted octanol–water partition coefficient (Wildman–Crippen LogP) is 5.91. The highest BCUT2D eigenvalue weighted by atomic mass is 32.2. The zero-order valence-electron chi connectivity index (χ0n) is 19.0. The van der Waals surface area contributed by atoms with Crippen LogP contribution < -0.4 is 20.1 Å². The summed E-state index contributed by atoms with van der Waals surface area (Å²) in [7, 11) is 3.13. The number of hydrogen-bond donors (Lipinski definition) is 2. The average Bonchev–Trinajstić information content (AvgIpc) is 2.84. The van der Waals surface area contributed by atoms with E-state index < -0.39 is 5.25 Å². The van der Waals surface area contributed by atoms with Crippen molar-refractivity contribution in [3.63, 3.8) is 0 Å². The molecule has 2 amide bonds. The molecule has 0 heterocycles. The highest BCUT2D eigenvalue weighted by Gasteiger charge is 2.23. The van der Waals surface area contributed by atoms with Crippen molar-refractivity contribution in [1.82, 2.24) is 0 Å². The number of methoxy groups -OCH3 is 2. The molecule has 0 aliphatic carbocycles. The lowest BCUT2D eigenvalue weighted by molar-refractivity contribution is -0.116. The monoisotopic (exact) mass is 464 g/mol. The molecular formula is C26H28N2O4S. The Labute approximate surface area is 198 Å². The van der Waals surface area contributed by atoms with Gasteiger partial charge in [-0.15, -0.1) is 11.8 Å². The number of carbonyl (C=O) groups is 2. The van der Waals surface area contributed by atoms with E-state index >= 15 is 0 Å². The summed E-state index contributed by atoms with van der Waals surface area (Å²) in [6.45, 7) is 1.97. The summed E-state index contributed by atoms with van der Waals surface area (Å²) in [5.74, 6) is 0.986. The minimum Gasteiger partial charge on any atom is -0.497 e. The van der Waals surface area contributed by atoms with Crippen molar-refractivity contribution >= 4 is 35.0 Å². The average molecular weight is 465 g/mol. The fourth-order valence-electron chi connectivity index (χ4n) is 3.20. The van der Waals surface area contributed by atoms with E-state index in [1.54, 1.807) is 32.4 Å². The van der Waals surface area contributed by atoms with Crippen molar-refractivity contribution in [2.24, 2.45) is 0 Å². The van der Waals surface area contributed by atoms with Crippen molar-refractivity contribution in [3.8, 4) is 11.5 Å². The summed E-state index contributed by atoms with van der Waals surface area (Å²) < 4.78 is 10.7.